The molecule has 4 N–H and O–H groups in total. The van der Waals surface area contributed by atoms with Crippen molar-refractivity contribution in [1.29, 1.82) is 0 Å². The van der Waals surface area contributed by atoms with Crippen LogP contribution in [0.4, 0.5) is 0 Å². The van der Waals surface area contributed by atoms with Gasteiger partial charge in [-0.05, 0) is 38.3 Å². The highest BCUT2D eigenvalue weighted by molar-refractivity contribution is 4.87. The molecule has 0 aromatic carbocycles. The van der Waals surface area contributed by atoms with Crippen LogP contribution in [0.3, 0.4) is 0 Å². The Morgan fingerprint density at radius 2 is 1.80 bits per heavy atom. The van der Waals surface area contributed by atoms with Gasteiger partial charge in [-0.2, -0.15) is 0 Å². The summed E-state index contributed by atoms with van der Waals surface area (Å²) >= 11 is 0. The number of nitrogens with zero attached hydrogens (tertiary/aromatic N) is 1. The summed E-state index contributed by atoms with van der Waals surface area (Å²) in [5.74, 6) is 0.528. The minimum Gasteiger partial charge on any atom is -0.330 e. The molecule has 0 bridgehead atoms. The van der Waals surface area contributed by atoms with Gasteiger partial charge >= 0.3 is 0 Å². The van der Waals surface area contributed by atoms with Gasteiger partial charge in [0.25, 0.3) is 0 Å². The summed E-state index contributed by atoms with van der Waals surface area (Å²) in [4.78, 5) is 2.65. The molecule has 88 valence electrons. The highest BCUT2D eigenvalue weighted by Gasteiger charge is 2.30. The standard InChI is InChI=1S/C12H25N3/c13-8-10-9-15(7-6-12(10)14)11-4-2-1-3-5-11/h10-12H,1-9,13-14H2. The lowest BCUT2D eigenvalue weighted by molar-refractivity contribution is 0.0898. The van der Waals surface area contributed by atoms with Crippen LogP contribution in [0.1, 0.15) is 38.5 Å². The van der Waals surface area contributed by atoms with Crippen LogP contribution < -0.4 is 11.5 Å². The smallest absolute Gasteiger partial charge is 0.0104 e. The second kappa shape index (κ2) is 5.28. The number of piperidine rings is 1. The van der Waals surface area contributed by atoms with Gasteiger partial charge in [0, 0.05) is 18.6 Å². The monoisotopic (exact) mass is 211 g/mol. The molecule has 2 unspecified atom stereocenters. The summed E-state index contributed by atoms with van der Waals surface area (Å²) in [6.45, 7) is 3.09. The summed E-state index contributed by atoms with van der Waals surface area (Å²) in [7, 11) is 0. The Balaban J connectivity index is 1.87. The maximum atomic E-state index is 6.07. The van der Waals surface area contributed by atoms with E-state index in [0.29, 0.717) is 12.0 Å². The van der Waals surface area contributed by atoms with Crippen molar-refractivity contribution in [3.8, 4) is 0 Å². The zero-order chi connectivity index (χ0) is 10.7. The zero-order valence-electron chi connectivity index (χ0n) is 9.70. The Morgan fingerprint density at radius 3 is 2.47 bits per heavy atom. The molecule has 0 amide bonds. The van der Waals surface area contributed by atoms with E-state index in [4.69, 9.17) is 11.5 Å². The molecule has 2 rings (SSSR count). The molecule has 1 aliphatic heterocycles. The Hall–Kier alpha value is -0.120. The van der Waals surface area contributed by atoms with Gasteiger partial charge in [-0.3, -0.25) is 4.90 Å². The molecule has 2 fully saturated rings. The van der Waals surface area contributed by atoms with Gasteiger partial charge in [0.05, 0.1) is 0 Å². The van der Waals surface area contributed by atoms with E-state index < -0.39 is 0 Å². The highest BCUT2D eigenvalue weighted by Crippen LogP contribution is 2.26. The van der Waals surface area contributed by atoms with E-state index in [1.807, 2.05) is 0 Å². The third-order valence-electron chi connectivity index (χ3n) is 4.22. The molecule has 3 heteroatoms. The van der Waals surface area contributed by atoms with Crippen molar-refractivity contribution in [1.82, 2.24) is 4.90 Å². The molecule has 1 saturated carbocycles. The molecule has 1 heterocycles. The van der Waals surface area contributed by atoms with Gasteiger partial charge in [0.15, 0.2) is 0 Å². The summed E-state index contributed by atoms with van der Waals surface area (Å²) in [5, 5.41) is 0. The van der Waals surface area contributed by atoms with E-state index in [9.17, 15) is 0 Å². The van der Waals surface area contributed by atoms with E-state index in [2.05, 4.69) is 4.90 Å². The van der Waals surface area contributed by atoms with Crippen LogP contribution in [0, 0.1) is 5.92 Å². The van der Waals surface area contributed by atoms with Gasteiger partial charge in [0.1, 0.15) is 0 Å². The molecule has 0 spiro atoms. The summed E-state index contributed by atoms with van der Waals surface area (Å²) < 4.78 is 0. The first-order valence-electron chi connectivity index (χ1n) is 6.51. The first-order chi connectivity index (χ1) is 7.31. The first kappa shape index (κ1) is 11.4. The third-order valence-corrected chi connectivity index (χ3v) is 4.22. The van der Waals surface area contributed by atoms with Crippen molar-refractivity contribution < 1.29 is 0 Å². The molecular formula is C12H25N3. The molecule has 0 aromatic rings. The van der Waals surface area contributed by atoms with Crippen molar-refractivity contribution in [3.63, 3.8) is 0 Å². The quantitative estimate of drug-likeness (QED) is 0.714. The van der Waals surface area contributed by atoms with Crippen LogP contribution in [0.25, 0.3) is 0 Å². The van der Waals surface area contributed by atoms with Crippen molar-refractivity contribution >= 4 is 0 Å². The Bertz CT molecular complexity index is 189. The second-order valence-corrected chi connectivity index (χ2v) is 5.24. The van der Waals surface area contributed by atoms with Gasteiger partial charge in [-0.15, -0.1) is 0 Å². The largest absolute Gasteiger partial charge is 0.330 e. The number of likely N-dealkylation sites (tertiary alicyclic amines) is 1. The van der Waals surface area contributed by atoms with Crippen LogP contribution in [0.2, 0.25) is 0 Å². The Morgan fingerprint density at radius 1 is 1.07 bits per heavy atom. The Kier molecular flexibility index (Phi) is 4.00. The predicted octanol–water partition coefficient (Wildman–Crippen LogP) is 0.927. The zero-order valence-corrected chi connectivity index (χ0v) is 9.70. The first-order valence-corrected chi connectivity index (χ1v) is 6.51. The summed E-state index contributed by atoms with van der Waals surface area (Å²) in [6, 6.07) is 1.18. The normalized spacial score (nSPS) is 35.6. The van der Waals surface area contributed by atoms with Crippen molar-refractivity contribution in [2.24, 2.45) is 17.4 Å². The highest BCUT2D eigenvalue weighted by atomic mass is 15.2. The molecule has 3 nitrogen and oxygen atoms in total. The van der Waals surface area contributed by atoms with Crippen LogP contribution in [-0.4, -0.2) is 36.6 Å². The van der Waals surface area contributed by atoms with Gasteiger partial charge < -0.3 is 11.5 Å². The average molecular weight is 211 g/mol. The van der Waals surface area contributed by atoms with E-state index in [-0.39, 0.29) is 0 Å². The van der Waals surface area contributed by atoms with Gasteiger partial charge in [-0.1, -0.05) is 19.3 Å². The fourth-order valence-electron chi connectivity index (χ4n) is 3.11. The average Bonchev–Trinajstić information content (AvgIpc) is 2.31. The minimum atomic E-state index is 0.342. The predicted molar refractivity (Wildman–Crippen MR) is 63.6 cm³/mol. The number of hydrogen-bond acceptors (Lipinski definition) is 3. The lowest BCUT2D eigenvalue weighted by atomic mass is 9.88. The SMILES string of the molecule is NCC1CN(C2CCCCC2)CCC1N. The second-order valence-electron chi connectivity index (χ2n) is 5.24. The molecule has 0 aromatic heterocycles. The Labute approximate surface area is 93.2 Å². The number of hydrogen-bond donors (Lipinski definition) is 2. The fraction of sp³-hybridized carbons (Fsp3) is 1.00. The summed E-state index contributed by atoms with van der Waals surface area (Å²) in [6.07, 6.45) is 8.20. The van der Waals surface area contributed by atoms with Gasteiger partial charge in [0.2, 0.25) is 0 Å². The van der Waals surface area contributed by atoms with E-state index in [1.165, 1.54) is 38.6 Å². The van der Waals surface area contributed by atoms with Crippen LogP contribution in [-0.2, 0) is 0 Å². The van der Waals surface area contributed by atoms with Crippen LogP contribution in [0.5, 0.6) is 0 Å². The van der Waals surface area contributed by atoms with Crippen molar-refractivity contribution in [2.45, 2.75) is 50.6 Å². The summed E-state index contributed by atoms with van der Waals surface area (Å²) in [5.41, 5.74) is 11.9. The van der Waals surface area contributed by atoms with Crippen LogP contribution >= 0.6 is 0 Å². The molecule has 15 heavy (non-hydrogen) atoms. The van der Waals surface area contributed by atoms with E-state index >= 15 is 0 Å². The number of rotatable bonds is 2. The molecule has 2 atom stereocenters. The van der Waals surface area contributed by atoms with E-state index in [0.717, 1.165) is 25.6 Å². The minimum absolute atomic E-state index is 0.342. The molecule has 1 aliphatic carbocycles. The van der Waals surface area contributed by atoms with Gasteiger partial charge in [-0.25, -0.2) is 0 Å². The molecule has 0 radical (unpaired) electrons. The number of nitrogens with two attached hydrogens (primary N) is 2. The molecule has 2 aliphatic rings. The molecular weight excluding hydrogens is 186 g/mol. The maximum Gasteiger partial charge on any atom is 0.0104 e. The lowest BCUT2D eigenvalue weighted by Gasteiger charge is -2.42. The van der Waals surface area contributed by atoms with E-state index in [1.54, 1.807) is 0 Å². The van der Waals surface area contributed by atoms with Crippen molar-refractivity contribution in [3.05, 3.63) is 0 Å². The molecule has 1 saturated heterocycles. The lowest BCUT2D eigenvalue weighted by Crippen LogP contribution is -2.53. The maximum absolute atomic E-state index is 6.07. The fourth-order valence-corrected chi connectivity index (χ4v) is 3.11. The third kappa shape index (κ3) is 2.71. The van der Waals surface area contributed by atoms with Crippen molar-refractivity contribution in [2.75, 3.05) is 19.6 Å². The van der Waals surface area contributed by atoms with Crippen LogP contribution in [0.15, 0.2) is 0 Å². The topological polar surface area (TPSA) is 55.3 Å².